The quantitative estimate of drug-likeness (QED) is 0.720. The summed E-state index contributed by atoms with van der Waals surface area (Å²) < 4.78 is 6.53. The van der Waals surface area contributed by atoms with Gasteiger partial charge in [0.25, 0.3) is 0 Å². The molecule has 0 aliphatic rings. The molecule has 0 amide bonds. The molecule has 0 saturated heterocycles. The Morgan fingerprint density at radius 3 is 2.88 bits per heavy atom. The minimum absolute atomic E-state index is 0.266. The van der Waals surface area contributed by atoms with Crippen LogP contribution < -0.4 is 5.73 Å². The van der Waals surface area contributed by atoms with E-state index in [9.17, 15) is 4.79 Å². The standard InChI is InChI=1S/C10H18N4O2/c1-3-5-8(10(15)16-4-2)14-7-12-9(6-11)13-14/h7-8H,3-6,11H2,1-2H3. The summed E-state index contributed by atoms with van der Waals surface area (Å²) in [6, 6.07) is -0.391. The van der Waals surface area contributed by atoms with Gasteiger partial charge in [-0.3, -0.25) is 0 Å². The lowest BCUT2D eigenvalue weighted by atomic mass is 10.2. The summed E-state index contributed by atoms with van der Waals surface area (Å²) in [7, 11) is 0. The Morgan fingerprint density at radius 1 is 1.62 bits per heavy atom. The first kappa shape index (κ1) is 12.6. The van der Waals surface area contributed by atoms with Gasteiger partial charge in [0.2, 0.25) is 0 Å². The van der Waals surface area contributed by atoms with Crippen molar-refractivity contribution in [2.45, 2.75) is 39.3 Å². The summed E-state index contributed by atoms with van der Waals surface area (Å²) in [6.07, 6.45) is 3.09. The Bertz CT molecular complexity index is 337. The third-order valence-electron chi connectivity index (χ3n) is 2.18. The number of rotatable bonds is 6. The van der Waals surface area contributed by atoms with Crippen molar-refractivity contribution in [3.05, 3.63) is 12.2 Å². The summed E-state index contributed by atoms with van der Waals surface area (Å²) in [6.45, 7) is 4.44. The molecule has 0 radical (unpaired) electrons. The third kappa shape index (κ3) is 3.03. The van der Waals surface area contributed by atoms with E-state index >= 15 is 0 Å². The van der Waals surface area contributed by atoms with Gasteiger partial charge in [-0.2, -0.15) is 5.10 Å². The monoisotopic (exact) mass is 226 g/mol. The lowest BCUT2D eigenvalue weighted by molar-refractivity contribution is -0.147. The molecule has 1 aromatic heterocycles. The van der Waals surface area contributed by atoms with Crippen molar-refractivity contribution in [2.75, 3.05) is 6.61 Å². The van der Waals surface area contributed by atoms with Crippen LogP contribution in [0.3, 0.4) is 0 Å². The van der Waals surface area contributed by atoms with E-state index in [0.29, 0.717) is 18.9 Å². The first-order chi connectivity index (χ1) is 7.72. The third-order valence-corrected chi connectivity index (χ3v) is 2.18. The highest BCUT2D eigenvalue weighted by molar-refractivity contribution is 5.73. The van der Waals surface area contributed by atoms with E-state index in [1.54, 1.807) is 6.92 Å². The van der Waals surface area contributed by atoms with E-state index in [1.165, 1.54) is 11.0 Å². The van der Waals surface area contributed by atoms with Gasteiger partial charge in [-0.25, -0.2) is 14.5 Å². The van der Waals surface area contributed by atoms with Gasteiger partial charge in [-0.15, -0.1) is 0 Å². The maximum absolute atomic E-state index is 11.7. The minimum atomic E-state index is -0.391. The van der Waals surface area contributed by atoms with Gasteiger partial charge in [0, 0.05) is 0 Å². The number of hydrogen-bond donors (Lipinski definition) is 1. The van der Waals surface area contributed by atoms with Gasteiger partial charge in [0.15, 0.2) is 11.9 Å². The van der Waals surface area contributed by atoms with E-state index in [2.05, 4.69) is 10.1 Å². The van der Waals surface area contributed by atoms with Crippen LogP contribution in [-0.2, 0) is 16.1 Å². The first-order valence-electron chi connectivity index (χ1n) is 5.49. The first-order valence-corrected chi connectivity index (χ1v) is 5.49. The van der Waals surface area contributed by atoms with Crippen molar-refractivity contribution < 1.29 is 9.53 Å². The summed E-state index contributed by atoms with van der Waals surface area (Å²) in [4.78, 5) is 15.7. The Kier molecular flexibility index (Phi) is 4.91. The van der Waals surface area contributed by atoms with Crippen LogP contribution in [0.1, 0.15) is 38.6 Å². The molecule has 0 aliphatic carbocycles. The number of aromatic nitrogens is 3. The van der Waals surface area contributed by atoms with Crippen LogP contribution in [0.5, 0.6) is 0 Å². The number of hydrogen-bond acceptors (Lipinski definition) is 5. The van der Waals surface area contributed by atoms with Gasteiger partial charge in [-0.1, -0.05) is 13.3 Å². The highest BCUT2D eigenvalue weighted by Gasteiger charge is 2.22. The largest absolute Gasteiger partial charge is 0.464 e. The Hall–Kier alpha value is -1.43. The van der Waals surface area contributed by atoms with Crippen LogP contribution in [0.2, 0.25) is 0 Å². The summed E-state index contributed by atoms with van der Waals surface area (Å²) >= 11 is 0. The van der Waals surface area contributed by atoms with E-state index in [4.69, 9.17) is 10.5 Å². The fourth-order valence-electron chi connectivity index (χ4n) is 1.42. The number of nitrogens with zero attached hydrogens (tertiary/aromatic N) is 3. The molecule has 16 heavy (non-hydrogen) atoms. The van der Waals surface area contributed by atoms with Crippen molar-refractivity contribution in [2.24, 2.45) is 5.73 Å². The molecular weight excluding hydrogens is 208 g/mol. The Morgan fingerprint density at radius 2 is 2.38 bits per heavy atom. The predicted molar refractivity (Wildman–Crippen MR) is 58.5 cm³/mol. The van der Waals surface area contributed by atoms with Crippen LogP contribution in [0.25, 0.3) is 0 Å². The lowest BCUT2D eigenvalue weighted by Crippen LogP contribution is -2.22. The zero-order valence-corrected chi connectivity index (χ0v) is 9.72. The smallest absolute Gasteiger partial charge is 0.330 e. The second-order valence-corrected chi connectivity index (χ2v) is 3.40. The van der Waals surface area contributed by atoms with Crippen LogP contribution in [-0.4, -0.2) is 27.3 Å². The molecule has 2 N–H and O–H groups in total. The van der Waals surface area contributed by atoms with Crippen LogP contribution in [0, 0.1) is 0 Å². The average Bonchev–Trinajstić information content (AvgIpc) is 2.74. The molecule has 6 nitrogen and oxygen atoms in total. The average molecular weight is 226 g/mol. The van der Waals surface area contributed by atoms with Gasteiger partial charge in [0.05, 0.1) is 13.2 Å². The summed E-state index contributed by atoms with van der Waals surface area (Å²) in [5, 5.41) is 4.13. The number of carbonyl (C=O) groups excluding carboxylic acids is 1. The second kappa shape index (κ2) is 6.22. The number of carbonyl (C=O) groups is 1. The minimum Gasteiger partial charge on any atom is -0.464 e. The fraction of sp³-hybridized carbons (Fsp3) is 0.700. The SMILES string of the molecule is CCCC(C(=O)OCC)n1cnc(CN)n1. The maximum atomic E-state index is 11.7. The van der Waals surface area contributed by atoms with Crippen molar-refractivity contribution in [3.63, 3.8) is 0 Å². The summed E-state index contributed by atoms with van der Waals surface area (Å²) in [5.74, 6) is 0.267. The number of esters is 1. The molecule has 1 aromatic rings. The highest BCUT2D eigenvalue weighted by Crippen LogP contribution is 2.14. The zero-order valence-electron chi connectivity index (χ0n) is 9.72. The molecule has 1 rings (SSSR count). The van der Waals surface area contributed by atoms with E-state index in [-0.39, 0.29) is 12.5 Å². The van der Waals surface area contributed by atoms with Gasteiger partial charge >= 0.3 is 5.97 Å². The predicted octanol–water partition coefficient (Wildman–Crippen LogP) is 0.641. The molecule has 0 fully saturated rings. The second-order valence-electron chi connectivity index (χ2n) is 3.40. The van der Waals surface area contributed by atoms with Gasteiger partial charge in [-0.05, 0) is 13.3 Å². The molecule has 0 saturated carbocycles. The molecule has 6 heteroatoms. The van der Waals surface area contributed by atoms with Crippen molar-refractivity contribution in [1.82, 2.24) is 14.8 Å². The van der Waals surface area contributed by atoms with Crippen LogP contribution >= 0.6 is 0 Å². The van der Waals surface area contributed by atoms with Gasteiger partial charge in [0.1, 0.15) is 6.33 Å². The molecule has 0 aliphatic heterocycles. The number of nitrogens with two attached hydrogens (primary N) is 1. The van der Waals surface area contributed by atoms with Crippen LogP contribution in [0.15, 0.2) is 6.33 Å². The normalized spacial score (nSPS) is 12.4. The molecule has 1 unspecified atom stereocenters. The highest BCUT2D eigenvalue weighted by atomic mass is 16.5. The van der Waals surface area contributed by atoms with Crippen molar-refractivity contribution >= 4 is 5.97 Å². The fourth-order valence-corrected chi connectivity index (χ4v) is 1.42. The van der Waals surface area contributed by atoms with Gasteiger partial charge < -0.3 is 10.5 Å². The topological polar surface area (TPSA) is 83.0 Å². The van der Waals surface area contributed by atoms with E-state index < -0.39 is 6.04 Å². The Balaban J connectivity index is 2.79. The molecule has 0 spiro atoms. The lowest BCUT2D eigenvalue weighted by Gasteiger charge is -2.14. The van der Waals surface area contributed by atoms with Crippen molar-refractivity contribution in [1.29, 1.82) is 0 Å². The van der Waals surface area contributed by atoms with E-state index in [1.807, 2.05) is 6.92 Å². The maximum Gasteiger partial charge on any atom is 0.330 e. The molecule has 1 heterocycles. The van der Waals surface area contributed by atoms with E-state index in [0.717, 1.165) is 6.42 Å². The molecule has 90 valence electrons. The summed E-state index contributed by atoms with van der Waals surface area (Å²) in [5.41, 5.74) is 5.42. The Labute approximate surface area is 94.8 Å². The molecular formula is C10H18N4O2. The number of ether oxygens (including phenoxy) is 1. The van der Waals surface area contributed by atoms with Crippen molar-refractivity contribution in [3.8, 4) is 0 Å². The zero-order chi connectivity index (χ0) is 12.0. The molecule has 1 atom stereocenters. The van der Waals surface area contributed by atoms with Crippen LogP contribution in [0.4, 0.5) is 0 Å². The molecule has 0 bridgehead atoms. The molecule has 0 aromatic carbocycles.